The molecule has 1 saturated heterocycles. The minimum absolute atomic E-state index is 0.00422. The number of ether oxygens (including phenoxy) is 2. The Morgan fingerprint density at radius 2 is 1.96 bits per heavy atom. The van der Waals surface area contributed by atoms with Crippen molar-refractivity contribution in [1.82, 2.24) is 4.90 Å². The number of amides is 1. The Morgan fingerprint density at radius 1 is 1.26 bits per heavy atom. The fourth-order valence-corrected chi connectivity index (χ4v) is 2.60. The summed E-state index contributed by atoms with van der Waals surface area (Å²) in [5.74, 6) is 0.124. The second kappa shape index (κ2) is 8.41. The van der Waals surface area contributed by atoms with Crippen molar-refractivity contribution in [3.63, 3.8) is 0 Å². The maximum atomic E-state index is 12.0. The van der Waals surface area contributed by atoms with E-state index in [0.717, 1.165) is 0 Å². The van der Waals surface area contributed by atoms with E-state index in [1.165, 1.54) is 0 Å². The second-order valence-electron chi connectivity index (χ2n) is 5.50. The van der Waals surface area contributed by atoms with E-state index in [1.807, 2.05) is 31.2 Å². The number of hydrogen-bond acceptors (Lipinski definition) is 4. The summed E-state index contributed by atoms with van der Waals surface area (Å²) in [6.07, 6.45) is 1.50. The van der Waals surface area contributed by atoms with Crippen molar-refractivity contribution in [2.75, 3.05) is 26.3 Å². The Morgan fingerprint density at radius 3 is 2.57 bits per heavy atom. The number of carboxylic acid groups (broad SMARTS) is 1. The lowest BCUT2D eigenvalue weighted by atomic mass is 10.1. The van der Waals surface area contributed by atoms with Crippen LogP contribution in [0.1, 0.15) is 26.2 Å². The molecule has 1 heterocycles. The van der Waals surface area contributed by atoms with Crippen molar-refractivity contribution in [3.8, 4) is 11.5 Å². The Bertz CT molecular complexity index is 546. The van der Waals surface area contributed by atoms with Crippen LogP contribution in [0.2, 0.25) is 0 Å². The van der Waals surface area contributed by atoms with E-state index in [1.54, 1.807) is 4.90 Å². The summed E-state index contributed by atoms with van der Waals surface area (Å²) in [5, 5.41) is 8.95. The van der Waals surface area contributed by atoms with E-state index in [-0.39, 0.29) is 5.91 Å². The van der Waals surface area contributed by atoms with Gasteiger partial charge < -0.3 is 19.5 Å². The highest BCUT2D eigenvalue weighted by Crippen LogP contribution is 2.26. The third-order valence-corrected chi connectivity index (χ3v) is 3.83. The van der Waals surface area contributed by atoms with E-state index in [0.29, 0.717) is 57.1 Å². The first kappa shape index (κ1) is 17.1. The summed E-state index contributed by atoms with van der Waals surface area (Å²) in [6, 6.07) is 7.44. The monoisotopic (exact) mass is 321 g/mol. The van der Waals surface area contributed by atoms with Gasteiger partial charge in [-0.25, -0.2) is 0 Å². The van der Waals surface area contributed by atoms with E-state index < -0.39 is 11.9 Å². The summed E-state index contributed by atoms with van der Waals surface area (Å²) >= 11 is 0. The normalized spacial score (nSPS) is 17.1. The molecule has 0 saturated carbocycles. The number of carbonyl (C=O) groups is 2. The van der Waals surface area contributed by atoms with E-state index in [4.69, 9.17) is 14.6 Å². The standard InChI is InChI=1S/C17H23NO5/c1-2-22-14-6-3-4-7-15(14)23-11-5-8-16(19)18-10-9-13(12-18)17(20)21/h3-4,6-7,13H,2,5,8-12H2,1H3,(H,20,21). The van der Waals surface area contributed by atoms with Crippen LogP contribution in [0.4, 0.5) is 0 Å². The van der Waals surface area contributed by atoms with Crippen LogP contribution in [-0.4, -0.2) is 48.2 Å². The second-order valence-corrected chi connectivity index (χ2v) is 5.50. The molecule has 0 aromatic heterocycles. The molecule has 1 atom stereocenters. The molecule has 1 unspecified atom stereocenters. The van der Waals surface area contributed by atoms with Crippen LogP contribution in [0.5, 0.6) is 11.5 Å². The minimum atomic E-state index is -0.823. The Balaban J connectivity index is 1.71. The van der Waals surface area contributed by atoms with Crippen LogP contribution >= 0.6 is 0 Å². The zero-order valence-electron chi connectivity index (χ0n) is 13.4. The Hall–Kier alpha value is -2.24. The maximum absolute atomic E-state index is 12.0. The van der Waals surface area contributed by atoms with Gasteiger partial charge in [-0.1, -0.05) is 12.1 Å². The average molecular weight is 321 g/mol. The predicted molar refractivity (Wildman–Crippen MR) is 84.7 cm³/mol. The molecule has 0 radical (unpaired) electrons. The van der Waals surface area contributed by atoms with Crippen molar-refractivity contribution in [2.45, 2.75) is 26.2 Å². The van der Waals surface area contributed by atoms with Gasteiger partial charge in [-0.15, -0.1) is 0 Å². The number of carbonyl (C=O) groups excluding carboxylic acids is 1. The molecular formula is C17H23NO5. The summed E-state index contributed by atoms with van der Waals surface area (Å²) in [5.41, 5.74) is 0. The van der Waals surface area contributed by atoms with E-state index in [9.17, 15) is 9.59 Å². The molecule has 0 aliphatic carbocycles. The van der Waals surface area contributed by atoms with Crippen molar-refractivity contribution in [1.29, 1.82) is 0 Å². The van der Waals surface area contributed by atoms with Crippen LogP contribution in [-0.2, 0) is 9.59 Å². The largest absolute Gasteiger partial charge is 0.490 e. The van der Waals surface area contributed by atoms with E-state index >= 15 is 0 Å². The fourth-order valence-electron chi connectivity index (χ4n) is 2.60. The van der Waals surface area contributed by atoms with Gasteiger partial charge in [0.2, 0.25) is 5.91 Å². The van der Waals surface area contributed by atoms with Crippen molar-refractivity contribution >= 4 is 11.9 Å². The molecule has 1 fully saturated rings. The highest BCUT2D eigenvalue weighted by Gasteiger charge is 2.30. The lowest BCUT2D eigenvalue weighted by Crippen LogP contribution is -2.30. The lowest BCUT2D eigenvalue weighted by molar-refractivity contribution is -0.141. The van der Waals surface area contributed by atoms with Crippen molar-refractivity contribution < 1.29 is 24.2 Å². The third kappa shape index (κ3) is 4.87. The van der Waals surface area contributed by atoms with Gasteiger partial charge in [-0.3, -0.25) is 9.59 Å². The molecule has 1 aromatic rings. The van der Waals surface area contributed by atoms with Crippen molar-refractivity contribution in [2.24, 2.45) is 5.92 Å². The highest BCUT2D eigenvalue weighted by molar-refractivity contribution is 5.78. The minimum Gasteiger partial charge on any atom is -0.490 e. The third-order valence-electron chi connectivity index (χ3n) is 3.83. The van der Waals surface area contributed by atoms with Crippen LogP contribution in [0.25, 0.3) is 0 Å². The van der Waals surface area contributed by atoms with Gasteiger partial charge in [0.25, 0.3) is 0 Å². The molecule has 0 bridgehead atoms. The number of likely N-dealkylation sites (tertiary alicyclic amines) is 1. The molecular weight excluding hydrogens is 298 g/mol. The topological polar surface area (TPSA) is 76.1 Å². The first-order valence-corrected chi connectivity index (χ1v) is 7.97. The molecule has 1 aliphatic rings. The molecule has 1 aromatic carbocycles. The SMILES string of the molecule is CCOc1ccccc1OCCCC(=O)N1CCC(C(=O)O)C1. The number of benzene rings is 1. The quantitative estimate of drug-likeness (QED) is 0.743. The summed E-state index contributed by atoms with van der Waals surface area (Å²) in [6.45, 7) is 3.76. The molecule has 0 spiro atoms. The summed E-state index contributed by atoms with van der Waals surface area (Å²) in [7, 11) is 0. The van der Waals surface area contributed by atoms with Gasteiger partial charge >= 0.3 is 5.97 Å². The Labute approximate surface area is 136 Å². The van der Waals surface area contributed by atoms with Crippen LogP contribution in [0, 0.1) is 5.92 Å². The smallest absolute Gasteiger partial charge is 0.308 e. The van der Waals surface area contributed by atoms with Gasteiger partial charge in [0.15, 0.2) is 11.5 Å². The molecule has 1 N–H and O–H groups in total. The first-order chi connectivity index (χ1) is 11.1. The zero-order chi connectivity index (χ0) is 16.7. The fraction of sp³-hybridized carbons (Fsp3) is 0.529. The predicted octanol–water partition coefficient (Wildman–Crippen LogP) is 2.18. The van der Waals surface area contributed by atoms with Crippen LogP contribution in [0.15, 0.2) is 24.3 Å². The number of rotatable bonds is 8. The first-order valence-electron chi connectivity index (χ1n) is 7.97. The van der Waals surface area contributed by atoms with Gasteiger partial charge in [0.05, 0.1) is 19.1 Å². The lowest BCUT2D eigenvalue weighted by Gasteiger charge is -2.16. The van der Waals surface area contributed by atoms with Gasteiger partial charge in [0.1, 0.15) is 0 Å². The number of aliphatic carboxylic acids is 1. The van der Waals surface area contributed by atoms with Gasteiger partial charge in [-0.2, -0.15) is 0 Å². The van der Waals surface area contributed by atoms with Gasteiger partial charge in [-0.05, 0) is 31.9 Å². The average Bonchev–Trinajstić information content (AvgIpc) is 3.03. The molecule has 6 nitrogen and oxygen atoms in total. The molecule has 2 rings (SSSR count). The summed E-state index contributed by atoms with van der Waals surface area (Å²) in [4.78, 5) is 24.6. The molecule has 1 aliphatic heterocycles. The summed E-state index contributed by atoms with van der Waals surface area (Å²) < 4.78 is 11.1. The Kier molecular flexibility index (Phi) is 6.26. The highest BCUT2D eigenvalue weighted by atomic mass is 16.5. The number of nitrogens with zero attached hydrogens (tertiary/aromatic N) is 1. The molecule has 126 valence electrons. The van der Waals surface area contributed by atoms with Gasteiger partial charge in [0, 0.05) is 19.5 Å². The molecule has 23 heavy (non-hydrogen) atoms. The molecule has 1 amide bonds. The zero-order valence-corrected chi connectivity index (χ0v) is 13.4. The number of carboxylic acids is 1. The van der Waals surface area contributed by atoms with Crippen molar-refractivity contribution in [3.05, 3.63) is 24.3 Å². The number of para-hydroxylation sites is 2. The van der Waals surface area contributed by atoms with Crippen LogP contribution < -0.4 is 9.47 Å². The van der Waals surface area contributed by atoms with Crippen LogP contribution in [0.3, 0.4) is 0 Å². The maximum Gasteiger partial charge on any atom is 0.308 e. The molecule has 6 heteroatoms. The number of hydrogen-bond donors (Lipinski definition) is 1. The van der Waals surface area contributed by atoms with E-state index in [2.05, 4.69) is 0 Å².